The van der Waals surface area contributed by atoms with Crippen LogP contribution in [0.4, 0.5) is 0 Å². The van der Waals surface area contributed by atoms with Crippen molar-refractivity contribution in [1.82, 2.24) is 4.98 Å². The van der Waals surface area contributed by atoms with E-state index < -0.39 is 5.41 Å². The number of pyridine rings is 1. The van der Waals surface area contributed by atoms with Crippen LogP contribution in [0.3, 0.4) is 0 Å². The molecule has 0 fully saturated rings. The third-order valence-electron chi connectivity index (χ3n) is 6.40. The van der Waals surface area contributed by atoms with E-state index >= 15 is 0 Å². The van der Waals surface area contributed by atoms with Gasteiger partial charge in [0.2, 0.25) is 0 Å². The number of carbonyl (C=O) groups excluding carboxylic acids is 1. The van der Waals surface area contributed by atoms with E-state index in [1.54, 1.807) is 0 Å². The minimum absolute atomic E-state index is 0. The van der Waals surface area contributed by atoms with Gasteiger partial charge < -0.3 is 10.1 Å². The quantitative estimate of drug-likeness (QED) is 0.105. The van der Waals surface area contributed by atoms with Crippen molar-refractivity contribution in [2.24, 2.45) is 10.8 Å². The predicted octanol–water partition coefficient (Wildman–Crippen LogP) is 9.86. The molecule has 0 spiro atoms. The number of hydrogen-bond donors (Lipinski definition) is 1. The number of ketones is 1. The molecular weight excluding hydrogens is 687 g/mol. The second-order valence-electron chi connectivity index (χ2n) is 11.3. The zero-order valence-corrected chi connectivity index (χ0v) is 26.3. The maximum atomic E-state index is 11.5. The summed E-state index contributed by atoms with van der Waals surface area (Å²) in [5.41, 5.74) is 0.303. The molecule has 3 heterocycles. The van der Waals surface area contributed by atoms with Gasteiger partial charge in [0.1, 0.15) is 5.76 Å². The van der Waals surface area contributed by atoms with Gasteiger partial charge in [0.15, 0.2) is 5.78 Å². The molecular formula is C32H30IrNO2S2-. The van der Waals surface area contributed by atoms with Crippen LogP contribution in [0.1, 0.15) is 41.5 Å². The molecule has 197 valence electrons. The number of thiophene rings is 1. The zero-order chi connectivity index (χ0) is 26.5. The Labute approximate surface area is 244 Å². The summed E-state index contributed by atoms with van der Waals surface area (Å²) in [7, 11) is 0. The van der Waals surface area contributed by atoms with Crippen molar-refractivity contribution in [1.29, 1.82) is 0 Å². The maximum absolute atomic E-state index is 11.5. The van der Waals surface area contributed by atoms with Gasteiger partial charge in [0, 0.05) is 62.7 Å². The van der Waals surface area contributed by atoms with Crippen LogP contribution in [0, 0.1) is 16.9 Å². The summed E-state index contributed by atoms with van der Waals surface area (Å²) >= 11 is 3.70. The number of allylic oxidation sites excluding steroid dienone is 2. The van der Waals surface area contributed by atoms with E-state index in [9.17, 15) is 9.90 Å². The molecule has 0 unspecified atom stereocenters. The molecule has 38 heavy (non-hydrogen) atoms. The van der Waals surface area contributed by atoms with Crippen molar-refractivity contribution < 1.29 is 30.0 Å². The molecule has 6 rings (SSSR count). The second-order valence-corrected chi connectivity index (χ2v) is 13.5. The Kier molecular flexibility index (Phi) is 7.84. The summed E-state index contributed by atoms with van der Waals surface area (Å²) in [6.45, 7) is 11.1. The largest absolute Gasteiger partial charge is 0.512 e. The number of aromatic nitrogens is 1. The Morgan fingerprint density at radius 2 is 1.53 bits per heavy atom. The Morgan fingerprint density at radius 3 is 2.21 bits per heavy atom. The molecule has 0 saturated heterocycles. The van der Waals surface area contributed by atoms with Gasteiger partial charge in [-0.05, 0) is 33.8 Å². The monoisotopic (exact) mass is 717 g/mol. The molecule has 3 aromatic heterocycles. The number of nitrogens with zero attached hydrogens (tertiary/aromatic N) is 1. The van der Waals surface area contributed by atoms with Crippen LogP contribution in [-0.2, 0) is 24.9 Å². The summed E-state index contributed by atoms with van der Waals surface area (Å²) < 4.78 is 5.22. The van der Waals surface area contributed by atoms with Crippen molar-refractivity contribution in [3.05, 3.63) is 78.7 Å². The SMILES string of the molecule is CC(C)(C)C(=O)/C=C(\O)C(C)(C)C.[Ir].[c-]1cc2ccccc2c2sc3cccc4sc5ccnc(c12)c5c43. The topological polar surface area (TPSA) is 50.2 Å². The molecule has 0 atom stereocenters. The summed E-state index contributed by atoms with van der Waals surface area (Å²) in [4.78, 5) is 16.2. The minimum atomic E-state index is -0.417. The molecule has 0 amide bonds. The number of hydrogen-bond acceptors (Lipinski definition) is 5. The van der Waals surface area contributed by atoms with Crippen LogP contribution in [-0.4, -0.2) is 15.9 Å². The maximum Gasteiger partial charge on any atom is 0.164 e. The number of carbonyl (C=O) groups is 1. The Hall–Kier alpha value is -2.63. The fourth-order valence-corrected chi connectivity index (χ4v) is 6.56. The van der Waals surface area contributed by atoms with Crippen LogP contribution in [0.5, 0.6) is 0 Å². The molecule has 1 radical (unpaired) electrons. The van der Waals surface area contributed by atoms with E-state index in [-0.39, 0.29) is 37.1 Å². The van der Waals surface area contributed by atoms with Crippen molar-refractivity contribution in [3.63, 3.8) is 0 Å². The van der Waals surface area contributed by atoms with E-state index in [2.05, 4.69) is 60.7 Å². The normalized spacial score (nSPS) is 12.6. The molecule has 3 aromatic carbocycles. The van der Waals surface area contributed by atoms with E-state index in [0.717, 1.165) is 10.9 Å². The standard InChI is InChI=1S/C21H10NS2.C11H20O2.Ir/c1-2-5-13-12(4-1)8-9-14-20-19-17(10-11-22-20)23-15-6-3-7-16(18(15)19)24-21(13)14;1-10(2,3)8(12)7-9(13)11(4,5)6;/h1-8,10-11H;7,12H,1-6H3;/q-1;;/b;8-7-;. The minimum Gasteiger partial charge on any atom is -0.512 e. The van der Waals surface area contributed by atoms with Crippen LogP contribution in [0.15, 0.2) is 72.6 Å². The Morgan fingerprint density at radius 1 is 0.868 bits per heavy atom. The van der Waals surface area contributed by atoms with E-state index in [1.807, 2.05) is 70.4 Å². The van der Waals surface area contributed by atoms with Gasteiger partial charge in [-0.1, -0.05) is 82.6 Å². The average Bonchev–Trinajstić information content (AvgIpc) is 3.15. The molecule has 1 N–H and O–H groups in total. The first-order valence-corrected chi connectivity index (χ1v) is 14.0. The summed E-state index contributed by atoms with van der Waals surface area (Å²) in [6, 6.07) is 22.9. The van der Waals surface area contributed by atoms with Gasteiger partial charge in [-0.15, -0.1) is 28.9 Å². The number of aliphatic hydroxyl groups is 1. The van der Waals surface area contributed by atoms with Gasteiger partial charge in [0.05, 0.1) is 0 Å². The molecule has 3 nitrogen and oxygen atoms in total. The number of benzene rings is 3. The predicted molar refractivity (Wildman–Crippen MR) is 161 cm³/mol. The first kappa shape index (κ1) is 28.4. The van der Waals surface area contributed by atoms with E-state index in [1.165, 1.54) is 46.4 Å². The van der Waals surface area contributed by atoms with E-state index in [4.69, 9.17) is 4.98 Å². The van der Waals surface area contributed by atoms with E-state index in [0.29, 0.717) is 0 Å². The number of fused-ring (bicyclic) bond motifs is 4. The van der Waals surface area contributed by atoms with Crippen LogP contribution >= 0.6 is 22.7 Å². The molecule has 0 bridgehead atoms. The van der Waals surface area contributed by atoms with Crippen molar-refractivity contribution in [2.75, 3.05) is 0 Å². The van der Waals surface area contributed by atoms with Gasteiger partial charge in [0.25, 0.3) is 0 Å². The van der Waals surface area contributed by atoms with Gasteiger partial charge in [-0.25, -0.2) is 0 Å². The smallest absolute Gasteiger partial charge is 0.164 e. The van der Waals surface area contributed by atoms with Crippen LogP contribution < -0.4 is 0 Å². The second kappa shape index (κ2) is 10.5. The third-order valence-corrected chi connectivity index (χ3v) is 8.71. The summed E-state index contributed by atoms with van der Waals surface area (Å²) in [5.74, 6) is 0.104. The molecule has 0 saturated carbocycles. The first-order chi connectivity index (χ1) is 17.4. The van der Waals surface area contributed by atoms with Crippen molar-refractivity contribution in [2.45, 2.75) is 41.5 Å². The average molecular weight is 717 g/mol. The zero-order valence-electron chi connectivity index (χ0n) is 22.3. The van der Waals surface area contributed by atoms with Gasteiger partial charge >= 0.3 is 0 Å². The Bertz CT molecular complexity index is 1830. The van der Waals surface area contributed by atoms with Crippen LogP contribution in [0.2, 0.25) is 0 Å². The fourth-order valence-electron chi connectivity index (χ4n) is 4.14. The molecule has 0 aliphatic heterocycles. The van der Waals surface area contributed by atoms with Crippen molar-refractivity contribution >= 4 is 79.7 Å². The molecule has 6 heteroatoms. The van der Waals surface area contributed by atoms with Gasteiger partial charge in [-0.3, -0.25) is 4.79 Å². The molecule has 0 aliphatic carbocycles. The third kappa shape index (κ3) is 5.28. The molecule has 6 aromatic rings. The summed E-state index contributed by atoms with van der Waals surface area (Å²) in [5, 5.41) is 15.8. The molecule has 0 aliphatic rings. The Balaban J connectivity index is 0.000000209. The number of aliphatic hydroxyl groups excluding tert-OH is 1. The van der Waals surface area contributed by atoms with Crippen LogP contribution in [0.25, 0.3) is 51.2 Å². The first-order valence-electron chi connectivity index (χ1n) is 12.3. The van der Waals surface area contributed by atoms with Gasteiger partial charge in [-0.2, -0.15) is 11.3 Å². The number of rotatable bonds is 1. The van der Waals surface area contributed by atoms with Crippen molar-refractivity contribution in [3.8, 4) is 0 Å². The fraction of sp³-hybridized carbons (Fsp3) is 0.250. The summed E-state index contributed by atoms with van der Waals surface area (Å²) in [6.07, 6.45) is 3.26.